The molecule has 0 saturated heterocycles. The van der Waals surface area contributed by atoms with Gasteiger partial charge in [-0.15, -0.1) is 0 Å². The number of aliphatic hydroxyl groups is 1. The maximum Gasteiger partial charge on any atom is 0.421 e. The fraction of sp³-hybridized carbons (Fsp3) is 0.682. The summed E-state index contributed by atoms with van der Waals surface area (Å²) < 4.78 is 13.7. The van der Waals surface area contributed by atoms with Crippen LogP contribution in [0.1, 0.15) is 54.0 Å². The van der Waals surface area contributed by atoms with Gasteiger partial charge in [-0.2, -0.15) is 0 Å². The van der Waals surface area contributed by atoms with Crippen LogP contribution in [0.5, 0.6) is 0 Å². The first kappa shape index (κ1) is 26.0. The van der Waals surface area contributed by atoms with Crippen molar-refractivity contribution in [3.63, 3.8) is 0 Å². The molecule has 0 aliphatic rings. The molecule has 1 aromatic rings. The average Bonchev–Trinajstić information content (AvgIpc) is 2.56. The highest BCUT2D eigenvalue weighted by atomic mass is 32.2. The number of hydrogen-bond acceptors (Lipinski definition) is 5. The third-order valence-electron chi connectivity index (χ3n) is 5.14. The number of nitrogens with zero attached hydrogens (tertiary/aromatic N) is 1. The Labute approximate surface area is 182 Å². The van der Waals surface area contributed by atoms with E-state index in [2.05, 4.69) is 33.9 Å². The van der Waals surface area contributed by atoms with Gasteiger partial charge in [0, 0.05) is 4.90 Å². The van der Waals surface area contributed by atoms with Crippen molar-refractivity contribution in [3.8, 4) is 0 Å². The quantitative estimate of drug-likeness (QED) is 0.415. The van der Waals surface area contributed by atoms with Gasteiger partial charge in [-0.1, -0.05) is 38.5 Å². The molecule has 0 spiro atoms. The summed E-state index contributed by atoms with van der Waals surface area (Å²) in [5.74, 6) is 0. The molecule has 0 fully saturated rings. The first-order chi connectivity index (χ1) is 13.1. The van der Waals surface area contributed by atoms with E-state index in [1.54, 1.807) is 4.31 Å². The van der Waals surface area contributed by atoms with E-state index < -0.39 is 26.1 Å². The molecule has 0 aromatic heterocycles. The lowest BCUT2D eigenvalue weighted by atomic mass is 10.2. The largest absolute Gasteiger partial charge is 0.443 e. The standard InChI is InChI=1S/C22H39NO4SSi/c1-16-11-13-18(14-12-16)28-23(20(25)26-21(3,4)5)17(2)19(15-24)27-29(9,10)22(6,7)8/h11-14,17,19,24H,15H2,1-10H3/t17-,19-/m0/s1. The van der Waals surface area contributed by atoms with E-state index in [0.717, 1.165) is 10.5 Å². The van der Waals surface area contributed by atoms with E-state index in [-0.39, 0.29) is 17.7 Å². The van der Waals surface area contributed by atoms with Gasteiger partial charge in [-0.05, 0) is 76.8 Å². The first-order valence-corrected chi connectivity index (χ1v) is 13.8. The monoisotopic (exact) mass is 441 g/mol. The number of rotatable bonds is 7. The van der Waals surface area contributed by atoms with Crippen LogP contribution in [-0.4, -0.2) is 48.2 Å². The van der Waals surface area contributed by atoms with Gasteiger partial charge < -0.3 is 14.3 Å². The lowest BCUT2D eigenvalue weighted by molar-refractivity contribution is 0.0153. The van der Waals surface area contributed by atoms with Gasteiger partial charge >= 0.3 is 6.09 Å². The number of aliphatic hydroxyl groups excluding tert-OH is 1. The molecule has 0 aliphatic heterocycles. The van der Waals surface area contributed by atoms with Crippen molar-refractivity contribution in [3.05, 3.63) is 29.8 Å². The zero-order valence-corrected chi connectivity index (χ0v) is 21.5. The van der Waals surface area contributed by atoms with Gasteiger partial charge in [-0.25, -0.2) is 9.10 Å². The lowest BCUT2D eigenvalue weighted by Crippen LogP contribution is -2.52. The maximum atomic E-state index is 13.0. The number of carbonyl (C=O) groups excluding carboxylic acids is 1. The SMILES string of the molecule is Cc1ccc(SN(C(=O)OC(C)(C)C)[C@@H](C)[C@H](CO)O[Si](C)(C)C(C)(C)C)cc1. The highest BCUT2D eigenvalue weighted by molar-refractivity contribution is 7.97. The van der Waals surface area contributed by atoms with E-state index in [4.69, 9.17) is 9.16 Å². The van der Waals surface area contributed by atoms with E-state index in [9.17, 15) is 9.90 Å². The predicted octanol–water partition coefficient (Wildman–Crippen LogP) is 6.01. The summed E-state index contributed by atoms with van der Waals surface area (Å²) in [6.07, 6.45) is -0.936. The van der Waals surface area contributed by atoms with Crippen LogP contribution in [0, 0.1) is 6.92 Å². The number of benzene rings is 1. The minimum absolute atomic E-state index is 0.000980. The van der Waals surface area contributed by atoms with E-state index in [0.29, 0.717) is 0 Å². The number of ether oxygens (including phenoxy) is 1. The van der Waals surface area contributed by atoms with Crippen molar-refractivity contribution in [2.24, 2.45) is 0 Å². The Balaban J connectivity index is 3.16. The molecule has 1 amide bonds. The topological polar surface area (TPSA) is 59.0 Å². The lowest BCUT2D eigenvalue weighted by Gasteiger charge is -2.42. The summed E-state index contributed by atoms with van der Waals surface area (Å²) >= 11 is 1.31. The van der Waals surface area contributed by atoms with Crippen molar-refractivity contribution in [1.82, 2.24) is 4.31 Å². The van der Waals surface area contributed by atoms with Gasteiger partial charge in [0.15, 0.2) is 8.32 Å². The Hall–Kier alpha value is -1.02. The molecular weight excluding hydrogens is 402 g/mol. The molecule has 0 bridgehead atoms. The fourth-order valence-corrected chi connectivity index (χ4v) is 4.58. The van der Waals surface area contributed by atoms with Crippen LogP contribution in [0.25, 0.3) is 0 Å². The molecule has 0 saturated carbocycles. The second-order valence-corrected chi connectivity index (χ2v) is 15.9. The van der Waals surface area contributed by atoms with Crippen LogP contribution >= 0.6 is 11.9 Å². The molecule has 0 radical (unpaired) electrons. The maximum absolute atomic E-state index is 13.0. The van der Waals surface area contributed by atoms with Crippen LogP contribution in [0.15, 0.2) is 29.2 Å². The first-order valence-electron chi connectivity index (χ1n) is 10.1. The smallest absolute Gasteiger partial charge is 0.421 e. The molecule has 5 nitrogen and oxygen atoms in total. The Morgan fingerprint density at radius 3 is 2.07 bits per heavy atom. The highest BCUT2D eigenvalue weighted by Crippen LogP contribution is 2.38. The number of amides is 1. The van der Waals surface area contributed by atoms with Crippen LogP contribution in [0.2, 0.25) is 18.1 Å². The van der Waals surface area contributed by atoms with Crippen molar-refractivity contribution in [1.29, 1.82) is 0 Å². The van der Waals surface area contributed by atoms with E-state index >= 15 is 0 Å². The normalized spacial score (nSPS) is 15.0. The third kappa shape index (κ3) is 7.96. The molecular formula is C22H39NO4SSi. The van der Waals surface area contributed by atoms with Crippen LogP contribution in [0.3, 0.4) is 0 Å². The second kappa shape index (κ2) is 9.86. The zero-order chi connectivity index (χ0) is 22.6. The molecule has 1 rings (SSSR count). The molecule has 1 N–H and O–H groups in total. The molecule has 1 aromatic carbocycles. The van der Waals surface area contributed by atoms with Gasteiger partial charge in [0.25, 0.3) is 0 Å². The van der Waals surface area contributed by atoms with E-state index in [1.807, 2.05) is 58.9 Å². The van der Waals surface area contributed by atoms with Crippen LogP contribution in [0.4, 0.5) is 4.79 Å². The van der Waals surface area contributed by atoms with Gasteiger partial charge in [0.05, 0.1) is 18.8 Å². The molecule has 0 aliphatic carbocycles. The summed E-state index contributed by atoms with van der Waals surface area (Å²) in [5, 5.41) is 10.1. The molecule has 29 heavy (non-hydrogen) atoms. The average molecular weight is 442 g/mol. The van der Waals surface area contributed by atoms with Crippen molar-refractivity contribution in [2.75, 3.05) is 6.61 Å². The molecule has 7 heteroatoms. The number of aryl methyl sites for hydroxylation is 1. The number of hydrogen-bond donors (Lipinski definition) is 1. The Kier molecular flexibility index (Phi) is 8.84. The zero-order valence-electron chi connectivity index (χ0n) is 19.7. The molecule has 166 valence electrons. The fourth-order valence-electron chi connectivity index (χ4n) is 2.30. The molecule has 0 heterocycles. The highest BCUT2D eigenvalue weighted by Gasteiger charge is 2.42. The van der Waals surface area contributed by atoms with E-state index in [1.165, 1.54) is 11.9 Å². The summed E-state index contributed by atoms with van der Waals surface area (Å²) in [4.78, 5) is 13.9. The minimum atomic E-state index is -2.13. The van der Waals surface area contributed by atoms with Gasteiger partial charge in [0.1, 0.15) is 5.60 Å². The summed E-state index contributed by atoms with van der Waals surface area (Å²) in [6, 6.07) is 7.60. The Morgan fingerprint density at radius 1 is 1.14 bits per heavy atom. The third-order valence-corrected chi connectivity index (χ3v) is 10.8. The molecule has 0 unspecified atom stereocenters. The van der Waals surface area contributed by atoms with Crippen molar-refractivity contribution in [2.45, 2.75) is 96.2 Å². The predicted molar refractivity (Wildman–Crippen MR) is 124 cm³/mol. The Bertz CT molecular complexity index is 665. The van der Waals surface area contributed by atoms with Gasteiger partial charge in [-0.3, -0.25) is 0 Å². The second-order valence-electron chi connectivity index (χ2n) is 10.1. The van der Waals surface area contributed by atoms with Crippen molar-refractivity contribution < 1.29 is 19.1 Å². The summed E-state index contributed by atoms with van der Waals surface area (Å²) in [7, 11) is -2.13. The van der Waals surface area contributed by atoms with Crippen LogP contribution < -0.4 is 0 Å². The summed E-state index contributed by atoms with van der Waals surface area (Å²) in [5.41, 5.74) is 0.540. The van der Waals surface area contributed by atoms with Crippen LogP contribution in [-0.2, 0) is 9.16 Å². The minimum Gasteiger partial charge on any atom is -0.443 e. The van der Waals surface area contributed by atoms with Crippen molar-refractivity contribution >= 4 is 26.4 Å². The summed E-state index contributed by atoms with van der Waals surface area (Å²) in [6.45, 7) is 20.1. The molecule has 2 atom stereocenters. The Morgan fingerprint density at radius 2 is 1.66 bits per heavy atom. The van der Waals surface area contributed by atoms with Gasteiger partial charge in [0.2, 0.25) is 0 Å². The number of carbonyl (C=O) groups is 1.